The van der Waals surface area contributed by atoms with Crippen LogP contribution in [0, 0.1) is 0 Å². The molecule has 0 N–H and O–H groups in total. The molecule has 1 rings (SSSR count). The Labute approximate surface area is 92.4 Å². The lowest BCUT2D eigenvalue weighted by Gasteiger charge is -2.07. The number of methoxy groups -OCH3 is 2. The van der Waals surface area contributed by atoms with E-state index in [9.17, 15) is 4.79 Å². The lowest BCUT2D eigenvalue weighted by molar-refractivity contribution is 0.0600. The van der Waals surface area contributed by atoms with Crippen LogP contribution in [0.1, 0.15) is 15.9 Å². The molecule has 1 aromatic carbocycles. The van der Waals surface area contributed by atoms with E-state index in [1.54, 1.807) is 18.2 Å². The van der Waals surface area contributed by atoms with E-state index in [0.717, 1.165) is 0 Å². The van der Waals surface area contributed by atoms with E-state index in [2.05, 4.69) is 14.8 Å². The first kappa shape index (κ1) is 11.9. The molecule has 0 aliphatic heterocycles. The summed E-state index contributed by atoms with van der Waals surface area (Å²) < 4.78 is 9.67. The van der Waals surface area contributed by atoms with Crippen LogP contribution in [-0.2, 0) is 11.3 Å². The Morgan fingerprint density at radius 1 is 1.50 bits per heavy atom. The fourth-order valence-electron chi connectivity index (χ4n) is 1.23. The highest BCUT2D eigenvalue weighted by Gasteiger charge is 2.09. The van der Waals surface area contributed by atoms with Gasteiger partial charge in [-0.3, -0.25) is 0 Å². The smallest absolute Gasteiger partial charge is 0.337 e. The van der Waals surface area contributed by atoms with Gasteiger partial charge in [0.1, 0.15) is 5.75 Å². The molecule has 0 atom stereocenters. The van der Waals surface area contributed by atoms with Crippen LogP contribution in [0.15, 0.2) is 23.3 Å². The molecule has 0 saturated heterocycles. The van der Waals surface area contributed by atoms with Crippen LogP contribution in [0.2, 0.25) is 0 Å². The molecule has 6 nitrogen and oxygen atoms in total. The van der Waals surface area contributed by atoms with Gasteiger partial charge >= 0.3 is 5.97 Å². The second-order valence-electron chi connectivity index (χ2n) is 2.91. The first-order chi connectivity index (χ1) is 7.72. The van der Waals surface area contributed by atoms with Crippen molar-refractivity contribution < 1.29 is 14.3 Å². The Morgan fingerprint density at radius 3 is 2.81 bits per heavy atom. The van der Waals surface area contributed by atoms with E-state index in [-0.39, 0.29) is 6.54 Å². The van der Waals surface area contributed by atoms with Gasteiger partial charge in [0.05, 0.1) is 26.3 Å². The molecule has 0 aliphatic rings. The number of nitrogens with zero attached hydrogens (tertiary/aromatic N) is 3. The topological polar surface area (TPSA) is 84.3 Å². The van der Waals surface area contributed by atoms with Crippen molar-refractivity contribution in [2.75, 3.05) is 14.2 Å². The first-order valence-electron chi connectivity index (χ1n) is 4.49. The Hall–Kier alpha value is -2.20. The quantitative estimate of drug-likeness (QED) is 0.338. The standard InChI is InChI=1S/C10H11N3O3/c1-15-9-5-7(10(14)16-2)3-4-8(9)6-12-13-11/h3-5H,6H2,1-2H3. The number of azide groups is 1. The molecule has 0 unspecified atom stereocenters. The van der Waals surface area contributed by atoms with Crippen LogP contribution >= 0.6 is 0 Å². The van der Waals surface area contributed by atoms with Gasteiger partial charge in [-0.05, 0) is 23.2 Å². The van der Waals surface area contributed by atoms with Crippen molar-refractivity contribution in [2.45, 2.75) is 6.54 Å². The van der Waals surface area contributed by atoms with Crippen LogP contribution in [0.3, 0.4) is 0 Å². The van der Waals surface area contributed by atoms with Gasteiger partial charge in [0, 0.05) is 4.91 Å². The Balaban J connectivity index is 3.05. The number of rotatable bonds is 4. The van der Waals surface area contributed by atoms with Crippen molar-refractivity contribution in [2.24, 2.45) is 5.11 Å². The zero-order chi connectivity index (χ0) is 12.0. The lowest BCUT2D eigenvalue weighted by atomic mass is 10.1. The van der Waals surface area contributed by atoms with Crippen molar-refractivity contribution in [1.29, 1.82) is 0 Å². The maximum atomic E-state index is 11.2. The second kappa shape index (κ2) is 5.63. The van der Waals surface area contributed by atoms with Gasteiger partial charge in [-0.1, -0.05) is 11.2 Å². The Bertz CT molecular complexity index is 439. The number of carbonyl (C=O) groups is 1. The van der Waals surface area contributed by atoms with Gasteiger partial charge in [0.2, 0.25) is 0 Å². The highest BCUT2D eigenvalue weighted by molar-refractivity contribution is 5.89. The second-order valence-corrected chi connectivity index (χ2v) is 2.91. The summed E-state index contributed by atoms with van der Waals surface area (Å²) in [6.07, 6.45) is 0. The third kappa shape index (κ3) is 2.65. The summed E-state index contributed by atoms with van der Waals surface area (Å²) in [5.41, 5.74) is 9.32. The minimum Gasteiger partial charge on any atom is -0.496 e. The number of hydrogen-bond acceptors (Lipinski definition) is 4. The third-order valence-corrected chi connectivity index (χ3v) is 2.01. The van der Waals surface area contributed by atoms with Crippen molar-refractivity contribution in [1.82, 2.24) is 0 Å². The molecule has 0 saturated carbocycles. The molecule has 0 heterocycles. The van der Waals surface area contributed by atoms with Gasteiger partial charge in [0.15, 0.2) is 0 Å². The van der Waals surface area contributed by atoms with Crippen LogP contribution in [-0.4, -0.2) is 20.2 Å². The summed E-state index contributed by atoms with van der Waals surface area (Å²) in [5.74, 6) is 0.0592. The largest absolute Gasteiger partial charge is 0.496 e. The average molecular weight is 221 g/mol. The van der Waals surface area contributed by atoms with E-state index >= 15 is 0 Å². The van der Waals surface area contributed by atoms with Gasteiger partial charge in [-0.25, -0.2) is 4.79 Å². The predicted molar refractivity (Wildman–Crippen MR) is 57.2 cm³/mol. The highest BCUT2D eigenvalue weighted by atomic mass is 16.5. The van der Waals surface area contributed by atoms with Crippen molar-refractivity contribution in [3.63, 3.8) is 0 Å². The van der Waals surface area contributed by atoms with Gasteiger partial charge in [-0.2, -0.15) is 0 Å². The molecule has 16 heavy (non-hydrogen) atoms. The molecule has 0 amide bonds. The predicted octanol–water partition coefficient (Wildman–Crippen LogP) is 2.29. The van der Waals surface area contributed by atoms with E-state index in [0.29, 0.717) is 16.9 Å². The van der Waals surface area contributed by atoms with E-state index in [1.807, 2.05) is 0 Å². The number of hydrogen-bond donors (Lipinski definition) is 0. The van der Waals surface area contributed by atoms with Crippen molar-refractivity contribution in [3.05, 3.63) is 39.8 Å². The molecule has 6 heteroatoms. The molecule has 0 fully saturated rings. The minimum atomic E-state index is -0.436. The van der Waals surface area contributed by atoms with Gasteiger partial charge in [-0.15, -0.1) is 0 Å². The average Bonchev–Trinajstić information content (AvgIpc) is 2.35. The molecular formula is C10H11N3O3. The number of ether oxygens (including phenoxy) is 2. The zero-order valence-electron chi connectivity index (χ0n) is 9.01. The Morgan fingerprint density at radius 2 is 2.25 bits per heavy atom. The van der Waals surface area contributed by atoms with Crippen LogP contribution in [0.5, 0.6) is 5.75 Å². The maximum Gasteiger partial charge on any atom is 0.337 e. The number of carbonyl (C=O) groups excluding carboxylic acids is 1. The molecule has 0 spiro atoms. The maximum absolute atomic E-state index is 11.2. The summed E-state index contributed by atoms with van der Waals surface area (Å²) in [6, 6.07) is 4.81. The summed E-state index contributed by atoms with van der Waals surface area (Å²) in [6.45, 7) is 0.182. The summed E-state index contributed by atoms with van der Waals surface area (Å²) in [7, 11) is 2.79. The highest BCUT2D eigenvalue weighted by Crippen LogP contribution is 2.21. The van der Waals surface area contributed by atoms with Gasteiger partial charge < -0.3 is 9.47 Å². The third-order valence-electron chi connectivity index (χ3n) is 2.01. The monoisotopic (exact) mass is 221 g/mol. The zero-order valence-corrected chi connectivity index (χ0v) is 9.01. The normalized spacial score (nSPS) is 9.12. The van der Waals surface area contributed by atoms with Crippen LogP contribution in [0.4, 0.5) is 0 Å². The summed E-state index contributed by atoms with van der Waals surface area (Å²) in [4.78, 5) is 13.9. The van der Waals surface area contributed by atoms with E-state index < -0.39 is 5.97 Å². The molecule has 84 valence electrons. The van der Waals surface area contributed by atoms with Gasteiger partial charge in [0.25, 0.3) is 0 Å². The molecule has 0 aromatic heterocycles. The number of esters is 1. The molecule has 0 aliphatic carbocycles. The molecule has 1 aromatic rings. The SMILES string of the molecule is COC(=O)c1ccc(CN=[N+]=[N-])c(OC)c1. The van der Waals surface area contributed by atoms with Crippen molar-refractivity contribution >= 4 is 5.97 Å². The number of benzene rings is 1. The molecule has 0 bridgehead atoms. The first-order valence-corrected chi connectivity index (χ1v) is 4.49. The molecular weight excluding hydrogens is 210 g/mol. The summed E-state index contributed by atoms with van der Waals surface area (Å²) >= 11 is 0. The lowest BCUT2D eigenvalue weighted by Crippen LogP contribution is -2.02. The van der Waals surface area contributed by atoms with E-state index in [1.165, 1.54) is 14.2 Å². The Kier molecular flexibility index (Phi) is 4.17. The fraction of sp³-hybridized carbons (Fsp3) is 0.300. The van der Waals surface area contributed by atoms with Crippen molar-refractivity contribution in [3.8, 4) is 5.75 Å². The minimum absolute atomic E-state index is 0.182. The summed E-state index contributed by atoms with van der Waals surface area (Å²) in [5, 5.41) is 3.43. The van der Waals surface area contributed by atoms with E-state index in [4.69, 9.17) is 10.3 Å². The van der Waals surface area contributed by atoms with Crippen LogP contribution in [0.25, 0.3) is 10.4 Å². The van der Waals surface area contributed by atoms with Crippen LogP contribution < -0.4 is 4.74 Å². The fourth-order valence-corrected chi connectivity index (χ4v) is 1.23. The molecule has 0 radical (unpaired) electrons.